The molecule has 0 saturated heterocycles. The van der Waals surface area contributed by atoms with E-state index in [0.717, 1.165) is 43.5 Å². The molecule has 76 heavy (non-hydrogen) atoms. The van der Waals surface area contributed by atoms with Crippen molar-refractivity contribution in [2.45, 2.75) is 87.9 Å². The molecule has 5 aromatic rings. The molecule has 0 atom stereocenters. The second-order valence-corrected chi connectivity index (χ2v) is 19.3. The second-order valence-electron chi connectivity index (χ2n) is 17.5. The number of halogens is 9. The van der Waals surface area contributed by atoms with Crippen molar-refractivity contribution >= 4 is 56.4 Å². The molecule has 4 amide bonds. The zero-order valence-electron chi connectivity index (χ0n) is 40.1. The number of hydrogen-bond donors (Lipinski definition) is 3. The van der Waals surface area contributed by atoms with Gasteiger partial charge in [0.25, 0.3) is 0 Å². The maximum Gasteiger partial charge on any atom is 0.406 e. The number of nitrogens with zero attached hydrogens (tertiary/aromatic N) is 5. The summed E-state index contributed by atoms with van der Waals surface area (Å²) in [5, 5.41) is 20.1. The monoisotopic (exact) mass is 1080 g/mol. The van der Waals surface area contributed by atoms with E-state index in [2.05, 4.69) is 16.1 Å². The molecule has 0 bridgehead atoms. The van der Waals surface area contributed by atoms with E-state index in [-0.39, 0.29) is 48.0 Å². The van der Waals surface area contributed by atoms with E-state index in [9.17, 15) is 67.1 Å². The van der Waals surface area contributed by atoms with Gasteiger partial charge in [-0.3, -0.25) is 19.2 Å². The molecule has 4 aliphatic heterocycles. The molecule has 14 nitrogen and oxygen atoms in total. The summed E-state index contributed by atoms with van der Waals surface area (Å²) in [5.74, 6) is -1.54. The number of carbonyl (C=O) groups is 4. The van der Waals surface area contributed by atoms with Gasteiger partial charge >= 0.3 is 18.5 Å². The molecule has 0 aromatic heterocycles. The highest BCUT2D eigenvalue weighted by molar-refractivity contribution is 7.89. The van der Waals surface area contributed by atoms with E-state index >= 15 is 0 Å². The average Bonchev–Trinajstić information content (AvgIpc) is 3.37. The summed E-state index contributed by atoms with van der Waals surface area (Å²) in [6.07, 6.45) is -10.8. The Morgan fingerprint density at radius 1 is 0.526 bits per heavy atom. The number of hydrogen-bond acceptors (Lipinski definition) is 9. The Morgan fingerprint density at radius 3 is 1.39 bits per heavy atom. The van der Waals surface area contributed by atoms with Gasteiger partial charge in [-0.2, -0.15) is 50.0 Å². The lowest BCUT2D eigenvalue weighted by molar-refractivity contribution is -0.132. The van der Waals surface area contributed by atoms with Crippen LogP contribution in [0.25, 0.3) is 0 Å². The maximum atomic E-state index is 12.7. The van der Waals surface area contributed by atoms with Crippen LogP contribution in [0.3, 0.4) is 0 Å². The fraction of sp³-hybridized carbons (Fsp3) is 0.308. The lowest BCUT2D eigenvalue weighted by Crippen LogP contribution is -2.41. The standard InChI is InChI=1S/C18H17F3N2O3S.C12H13F3N2O.C12H9F3N2O.C10H8N2O/c19-18(20,21)12-23-16-8-6-13(10-14(16)7-9-17(23)24)11-22-27(25,26)15-4-2-1-3-5-15;2*13-12(14,15)7-17-10-3-1-8(6-16)5-9(10)2-4-11(17)18;11-6-7-1-3-9-8(5-7)2-4-10(13)12-9/h1-6,8,10,22H,7,9,11-12H2;1,3,5H,2,4,6-7,16H2;1,3,5H,2,4,7H2;1,3,5H,2,4H2,(H,12,13). The van der Waals surface area contributed by atoms with Crippen molar-refractivity contribution in [2.75, 3.05) is 39.7 Å². The average molecular weight is 1080 g/mol. The summed E-state index contributed by atoms with van der Waals surface area (Å²) in [5.41, 5.74) is 12.7. The highest BCUT2D eigenvalue weighted by atomic mass is 32.2. The third-order valence-corrected chi connectivity index (χ3v) is 13.4. The van der Waals surface area contributed by atoms with Crippen molar-refractivity contribution < 1.29 is 67.1 Å². The van der Waals surface area contributed by atoms with Gasteiger partial charge < -0.3 is 25.8 Å². The molecule has 0 radical (unpaired) electrons. The Bertz CT molecular complexity index is 3170. The van der Waals surface area contributed by atoms with E-state index in [1.165, 1.54) is 42.5 Å². The van der Waals surface area contributed by atoms with Gasteiger partial charge in [0.1, 0.15) is 19.6 Å². The lowest BCUT2D eigenvalue weighted by atomic mass is 9.98. The van der Waals surface area contributed by atoms with Crippen LogP contribution in [-0.4, -0.2) is 70.2 Å². The van der Waals surface area contributed by atoms with Gasteiger partial charge in [-0.1, -0.05) is 42.5 Å². The summed E-state index contributed by atoms with van der Waals surface area (Å²) in [6.45, 7) is -3.53. The molecule has 0 unspecified atom stereocenters. The van der Waals surface area contributed by atoms with Crippen LogP contribution in [0.4, 0.5) is 62.3 Å². The van der Waals surface area contributed by atoms with Crippen LogP contribution in [-0.2, 0) is 68.0 Å². The zero-order chi connectivity index (χ0) is 55.6. The van der Waals surface area contributed by atoms with E-state index in [1.54, 1.807) is 54.6 Å². The van der Waals surface area contributed by atoms with Crippen LogP contribution >= 0.6 is 0 Å². The molecule has 0 aliphatic carbocycles. The van der Waals surface area contributed by atoms with E-state index < -0.39 is 65.9 Å². The Balaban J connectivity index is 0.000000170. The normalized spacial score (nSPS) is 15.1. The maximum absolute atomic E-state index is 12.7. The highest BCUT2D eigenvalue weighted by Crippen LogP contribution is 2.35. The molecule has 0 fully saturated rings. The van der Waals surface area contributed by atoms with Gasteiger partial charge in [0, 0.05) is 61.5 Å². The molecule has 5 aromatic carbocycles. The van der Waals surface area contributed by atoms with Gasteiger partial charge in [0.05, 0.1) is 28.2 Å². The number of aryl methyl sites for hydroxylation is 4. The summed E-state index contributed by atoms with van der Waals surface area (Å²) in [6, 6.07) is 31.1. The Hall–Kier alpha value is -7.80. The first kappa shape index (κ1) is 57.5. The van der Waals surface area contributed by atoms with Crippen molar-refractivity contribution in [2.24, 2.45) is 5.73 Å². The predicted molar refractivity (Wildman–Crippen MR) is 261 cm³/mol. The number of nitrogens with two attached hydrogens (primary N) is 1. The van der Waals surface area contributed by atoms with Gasteiger partial charge in [-0.05, 0) is 120 Å². The Labute approximate surface area is 430 Å². The number of fused-ring (bicyclic) bond motifs is 4. The van der Waals surface area contributed by atoms with Crippen molar-refractivity contribution in [1.29, 1.82) is 10.5 Å². The number of alkyl halides is 9. The number of nitriles is 2. The van der Waals surface area contributed by atoms with Crippen LogP contribution in [0.1, 0.15) is 70.2 Å². The smallest absolute Gasteiger partial charge is 0.326 e. The van der Waals surface area contributed by atoms with Crippen molar-refractivity contribution in [3.8, 4) is 12.1 Å². The first-order chi connectivity index (χ1) is 35.8. The Kier molecular flexibility index (Phi) is 18.3. The van der Waals surface area contributed by atoms with Crippen molar-refractivity contribution in [3.05, 3.63) is 148 Å². The Morgan fingerprint density at radius 2 is 0.934 bits per heavy atom. The first-order valence-electron chi connectivity index (χ1n) is 23.2. The summed E-state index contributed by atoms with van der Waals surface area (Å²) in [7, 11) is -3.69. The van der Waals surface area contributed by atoms with E-state index in [1.807, 2.05) is 12.1 Å². The summed E-state index contributed by atoms with van der Waals surface area (Å²) in [4.78, 5) is 48.4. The molecule has 4 heterocycles. The molecule has 0 spiro atoms. The number of rotatable bonds is 8. The number of nitrogens with one attached hydrogen (secondary N) is 2. The van der Waals surface area contributed by atoms with Crippen LogP contribution in [0.2, 0.25) is 0 Å². The molecule has 24 heteroatoms. The largest absolute Gasteiger partial charge is 0.406 e. The fourth-order valence-electron chi connectivity index (χ4n) is 8.47. The van der Waals surface area contributed by atoms with Gasteiger partial charge in [0.15, 0.2) is 0 Å². The van der Waals surface area contributed by atoms with Crippen LogP contribution < -0.4 is 30.5 Å². The predicted octanol–water partition coefficient (Wildman–Crippen LogP) is 8.84. The minimum atomic E-state index is -4.49. The summed E-state index contributed by atoms with van der Waals surface area (Å²) < 4.78 is 140. The van der Waals surface area contributed by atoms with Crippen LogP contribution in [0, 0.1) is 22.7 Å². The molecular formula is C52H47F9N8O6S. The van der Waals surface area contributed by atoms with Crippen LogP contribution in [0.15, 0.2) is 108 Å². The van der Waals surface area contributed by atoms with Gasteiger partial charge in [-0.15, -0.1) is 0 Å². The third kappa shape index (κ3) is 15.9. The summed E-state index contributed by atoms with van der Waals surface area (Å²) >= 11 is 0. The molecule has 4 aliphatic rings. The van der Waals surface area contributed by atoms with E-state index in [4.69, 9.17) is 16.3 Å². The molecule has 400 valence electrons. The fourth-order valence-corrected chi connectivity index (χ4v) is 9.50. The molecule has 0 saturated carbocycles. The van der Waals surface area contributed by atoms with Crippen molar-refractivity contribution in [3.63, 3.8) is 0 Å². The number of benzene rings is 5. The molecule has 9 rings (SSSR count). The third-order valence-electron chi connectivity index (χ3n) is 12.0. The van der Waals surface area contributed by atoms with Crippen molar-refractivity contribution in [1.82, 2.24) is 4.72 Å². The molecular weight excluding hydrogens is 1040 g/mol. The van der Waals surface area contributed by atoms with Gasteiger partial charge in [0.2, 0.25) is 33.7 Å². The first-order valence-corrected chi connectivity index (χ1v) is 24.7. The van der Waals surface area contributed by atoms with Crippen LogP contribution in [0.5, 0.6) is 0 Å². The van der Waals surface area contributed by atoms with E-state index in [0.29, 0.717) is 65.7 Å². The number of carbonyl (C=O) groups excluding carboxylic acids is 4. The zero-order valence-corrected chi connectivity index (χ0v) is 40.9. The number of anilines is 4. The quantitative estimate of drug-likeness (QED) is 0.127. The SMILES string of the molecule is N#Cc1ccc2c(c1)CCC(=O)N2.N#Cc1ccc2c(c1)CCC(=O)N2CC(F)(F)F.NCc1ccc2c(c1)CCC(=O)N2CC(F)(F)F.O=C1CCc2cc(CNS(=O)(=O)c3ccccc3)ccc2N1CC(F)(F)F. The number of sulfonamides is 1. The second kappa shape index (κ2) is 24.3. The molecule has 4 N–H and O–H groups in total. The topological polar surface area (TPSA) is 210 Å². The van der Waals surface area contributed by atoms with Gasteiger partial charge in [-0.25, -0.2) is 13.1 Å². The minimum Gasteiger partial charge on any atom is -0.326 e. The lowest BCUT2D eigenvalue weighted by Gasteiger charge is -2.30. The minimum absolute atomic E-state index is 0.00226. The number of amides is 4. The highest BCUT2D eigenvalue weighted by Gasteiger charge is 2.38.